The molecule has 2 N–H and O–H groups in total. The highest BCUT2D eigenvalue weighted by Gasteiger charge is 2.19. The zero-order valence-corrected chi connectivity index (χ0v) is 14.9. The van der Waals surface area contributed by atoms with Gasteiger partial charge in [0.05, 0.1) is 14.2 Å². The summed E-state index contributed by atoms with van der Waals surface area (Å²) in [6.07, 6.45) is 2.55. The van der Waals surface area contributed by atoms with E-state index in [0.29, 0.717) is 24.3 Å². The smallest absolute Gasteiger partial charge is 0.221 e. The largest absolute Gasteiger partial charge is 0.493 e. The molecule has 6 heteroatoms. The number of amides is 1. The van der Waals surface area contributed by atoms with Crippen molar-refractivity contribution in [1.82, 2.24) is 10.6 Å². The van der Waals surface area contributed by atoms with Crippen LogP contribution in [0.1, 0.15) is 26.2 Å². The first-order chi connectivity index (χ1) is 11.1. The highest BCUT2D eigenvalue weighted by Crippen LogP contribution is 2.32. The molecule has 0 radical (unpaired) electrons. The van der Waals surface area contributed by atoms with Gasteiger partial charge in [-0.2, -0.15) is 0 Å². The minimum absolute atomic E-state index is 0.136. The normalized spacial score (nSPS) is 20.8. The Morgan fingerprint density at radius 3 is 2.83 bits per heavy atom. The summed E-state index contributed by atoms with van der Waals surface area (Å²) >= 11 is 1.65. The molecule has 1 saturated heterocycles. The zero-order chi connectivity index (χ0) is 16.7. The van der Waals surface area contributed by atoms with Gasteiger partial charge in [-0.15, -0.1) is 11.8 Å². The minimum atomic E-state index is 0.136. The molecular formula is C17H26N2O3S. The Morgan fingerprint density at radius 1 is 1.35 bits per heavy atom. The number of rotatable bonds is 7. The van der Waals surface area contributed by atoms with Crippen molar-refractivity contribution in [3.63, 3.8) is 0 Å². The van der Waals surface area contributed by atoms with E-state index in [2.05, 4.69) is 17.6 Å². The van der Waals surface area contributed by atoms with Crippen LogP contribution in [0, 0.1) is 0 Å². The SMILES string of the molecule is COc1ccc(SCCC(=O)NC2CCNC(C)C2)cc1OC. The number of methoxy groups -OCH3 is 2. The fraction of sp³-hybridized carbons (Fsp3) is 0.588. The highest BCUT2D eigenvalue weighted by molar-refractivity contribution is 7.99. The van der Waals surface area contributed by atoms with Crippen molar-refractivity contribution >= 4 is 17.7 Å². The Balaban J connectivity index is 1.75. The molecule has 1 aliphatic heterocycles. The van der Waals surface area contributed by atoms with E-state index in [4.69, 9.17) is 9.47 Å². The fourth-order valence-corrected chi connectivity index (χ4v) is 3.61. The first kappa shape index (κ1) is 17.9. The molecule has 1 amide bonds. The second kappa shape index (κ2) is 9.03. The summed E-state index contributed by atoms with van der Waals surface area (Å²) < 4.78 is 10.5. The van der Waals surface area contributed by atoms with Gasteiger partial charge in [0.25, 0.3) is 0 Å². The van der Waals surface area contributed by atoms with Crippen LogP contribution in [0.15, 0.2) is 23.1 Å². The lowest BCUT2D eigenvalue weighted by Gasteiger charge is -2.28. The van der Waals surface area contributed by atoms with Gasteiger partial charge in [-0.1, -0.05) is 0 Å². The summed E-state index contributed by atoms with van der Waals surface area (Å²) in [5.41, 5.74) is 0. The number of nitrogens with one attached hydrogen (secondary N) is 2. The molecule has 2 unspecified atom stereocenters. The predicted molar refractivity (Wildman–Crippen MR) is 93.5 cm³/mol. The van der Waals surface area contributed by atoms with Crippen molar-refractivity contribution in [1.29, 1.82) is 0 Å². The van der Waals surface area contributed by atoms with Gasteiger partial charge < -0.3 is 20.1 Å². The Morgan fingerprint density at radius 2 is 2.13 bits per heavy atom. The van der Waals surface area contributed by atoms with Gasteiger partial charge in [0.2, 0.25) is 5.91 Å². The van der Waals surface area contributed by atoms with Crippen LogP contribution in [0.5, 0.6) is 11.5 Å². The van der Waals surface area contributed by atoms with Gasteiger partial charge in [0.1, 0.15) is 0 Å². The van der Waals surface area contributed by atoms with Crippen molar-refractivity contribution in [2.75, 3.05) is 26.5 Å². The third kappa shape index (κ3) is 5.62. The lowest BCUT2D eigenvalue weighted by Crippen LogP contribution is -2.46. The van der Waals surface area contributed by atoms with Crippen LogP contribution in [0.3, 0.4) is 0 Å². The van der Waals surface area contributed by atoms with E-state index >= 15 is 0 Å². The highest BCUT2D eigenvalue weighted by atomic mass is 32.2. The molecule has 2 atom stereocenters. The van der Waals surface area contributed by atoms with E-state index in [9.17, 15) is 4.79 Å². The molecule has 0 aliphatic carbocycles. The van der Waals surface area contributed by atoms with Crippen LogP contribution in [0.25, 0.3) is 0 Å². The molecule has 1 fully saturated rings. The topological polar surface area (TPSA) is 59.6 Å². The summed E-state index contributed by atoms with van der Waals surface area (Å²) in [6, 6.07) is 6.60. The second-order valence-corrected chi connectivity index (χ2v) is 6.93. The van der Waals surface area contributed by atoms with Crippen molar-refractivity contribution in [2.24, 2.45) is 0 Å². The van der Waals surface area contributed by atoms with E-state index < -0.39 is 0 Å². The van der Waals surface area contributed by atoms with Gasteiger partial charge in [0, 0.05) is 29.2 Å². The van der Waals surface area contributed by atoms with Crippen LogP contribution in [0.4, 0.5) is 0 Å². The summed E-state index contributed by atoms with van der Waals surface area (Å²) in [5.74, 6) is 2.32. The molecule has 2 rings (SSSR count). The molecule has 23 heavy (non-hydrogen) atoms. The van der Waals surface area contributed by atoms with Crippen LogP contribution in [0.2, 0.25) is 0 Å². The lowest BCUT2D eigenvalue weighted by atomic mass is 10.0. The lowest BCUT2D eigenvalue weighted by molar-refractivity contribution is -0.121. The monoisotopic (exact) mass is 338 g/mol. The maximum absolute atomic E-state index is 12.0. The molecule has 0 aromatic heterocycles. The number of hydrogen-bond acceptors (Lipinski definition) is 5. The van der Waals surface area contributed by atoms with E-state index in [1.165, 1.54) is 0 Å². The molecule has 128 valence electrons. The number of carbonyl (C=O) groups is 1. The first-order valence-electron chi connectivity index (χ1n) is 8.00. The maximum Gasteiger partial charge on any atom is 0.221 e. The summed E-state index contributed by atoms with van der Waals surface area (Å²) in [4.78, 5) is 13.1. The van der Waals surface area contributed by atoms with Gasteiger partial charge in [-0.05, 0) is 44.5 Å². The van der Waals surface area contributed by atoms with Crippen molar-refractivity contribution in [3.05, 3.63) is 18.2 Å². The molecule has 0 spiro atoms. The summed E-state index contributed by atoms with van der Waals surface area (Å²) in [7, 11) is 3.25. The number of piperidine rings is 1. The Bertz CT molecular complexity index is 525. The van der Waals surface area contributed by atoms with Gasteiger partial charge >= 0.3 is 0 Å². The molecule has 1 aromatic rings. The van der Waals surface area contributed by atoms with E-state index in [1.54, 1.807) is 26.0 Å². The van der Waals surface area contributed by atoms with E-state index in [0.717, 1.165) is 35.8 Å². The number of ether oxygens (including phenoxy) is 2. The quantitative estimate of drug-likeness (QED) is 0.748. The van der Waals surface area contributed by atoms with E-state index in [-0.39, 0.29) is 5.91 Å². The zero-order valence-electron chi connectivity index (χ0n) is 14.1. The molecule has 1 aliphatic rings. The number of benzene rings is 1. The van der Waals surface area contributed by atoms with Gasteiger partial charge in [-0.3, -0.25) is 4.79 Å². The number of carbonyl (C=O) groups excluding carboxylic acids is 1. The third-order valence-corrected chi connectivity index (χ3v) is 4.94. The number of hydrogen-bond donors (Lipinski definition) is 2. The predicted octanol–water partition coefficient (Wildman–Crippen LogP) is 2.44. The van der Waals surface area contributed by atoms with E-state index in [1.807, 2.05) is 18.2 Å². The van der Waals surface area contributed by atoms with Crippen LogP contribution >= 0.6 is 11.8 Å². The molecule has 0 saturated carbocycles. The molecule has 0 bridgehead atoms. The van der Waals surface area contributed by atoms with Crippen molar-refractivity contribution < 1.29 is 14.3 Å². The first-order valence-corrected chi connectivity index (χ1v) is 8.98. The number of thioether (sulfide) groups is 1. The summed E-state index contributed by atoms with van der Waals surface area (Å²) in [5, 5.41) is 6.53. The maximum atomic E-state index is 12.0. The fourth-order valence-electron chi connectivity index (χ4n) is 2.73. The Hall–Kier alpha value is -1.40. The second-order valence-electron chi connectivity index (χ2n) is 5.76. The summed E-state index contributed by atoms with van der Waals surface area (Å²) in [6.45, 7) is 3.14. The standard InChI is InChI=1S/C17H26N2O3S/c1-12-10-13(6-8-18-12)19-17(20)7-9-23-14-4-5-15(21-2)16(11-14)22-3/h4-5,11-13,18H,6-10H2,1-3H3,(H,19,20). The van der Waals surface area contributed by atoms with Crippen molar-refractivity contribution in [3.8, 4) is 11.5 Å². The molecule has 1 heterocycles. The molecule has 5 nitrogen and oxygen atoms in total. The van der Waals surface area contributed by atoms with Gasteiger partial charge in [0.15, 0.2) is 11.5 Å². The third-order valence-electron chi connectivity index (χ3n) is 3.94. The van der Waals surface area contributed by atoms with Crippen LogP contribution < -0.4 is 20.1 Å². The average Bonchev–Trinajstić information content (AvgIpc) is 2.54. The minimum Gasteiger partial charge on any atom is -0.493 e. The van der Waals surface area contributed by atoms with Crippen LogP contribution in [-0.4, -0.2) is 44.5 Å². The molecule has 1 aromatic carbocycles. The van der Waals surface area contributed by atoms with Crippen molar-refractivity contribution in [2.45, 2.75) is 43.2 Å². The Labute approximate surface area is 142 Å². The molecular weight excluding hydrogens is 312 g/mol. The van der Waals surface area contributed by atoms with Crippen LogP contribution in [-0.2, 0) is 4.79 Å². The Kier molecular flexibility index (Phi) is 7.05. The van der Waals surface area contributed by atoms with Gasteiger partial charge in [-0.25, -0.2) is 0 Å². The average molecular weight is 338 g/mol.